The third-order valence-electron chi connectivity index (χ3n) is 4.56. The summed E-state index contributed by atoms with van der Waals surface area (Å²) < 4.78 is 10.9. The average Bonchev–Trinajstić information content (AvgIpc) is 3.32. The number of ether oxygens (including phenoxy) is 2. The first kappa shape index (κ1) is 21.7. The molecule has 0 bridgehead atoms. The summed E-state index contributed by atoms with van der Waals surface area (Å²) in [5.41, 5.74) is 0.401. The van der Waals surface area contributed by atoms with Gasteiger partial charge in [0.2, 0.25) is 5.91 Å². The van der Waals surface area contributed by atoms with Crippen molar-refractivity contribution in [1.29, 1.82) is 0 Å². The van der Waals surface area contributed by atoms with Crippen molar-refractivity contribution < 1.29 is 33.8 Å². The quantitative estimate of drug-likeness (QED) is 0.620. The van der Waals surface area contributed by atoms with E-state index >= 15 is 0 Å². The van der Waals surface area contributed by atoms with Crippen LogP contribution in [0.5, 0.6) is 11.5 Å². The molecule has 0 aromatic heterocycles. The number of nitrogens with zero attached hydrogens (tertiary/aromatic N) is 2. The van der Waals surface area contributed by atoms with Crippen molar-refractivity contribution in [2.24, 2.45) is 0 Å². The molecule has 2 aliphatic rings. The van der Waals surface area contributed by atoms with Crippen LogP contribution in [0.4, 0.5) is 4.79 Å². The third kappa shape index (κ3) is 4.93. The zero-order valence-corrected chi connectivity index (χ0v) is 17.3. The first-order valence-electron chi connectivity index (χ1n) is 9.54. The molecule has 0 radical (unpaired) electrons. The van der Waals surface area contributed by atoms with Crippen LogP contribution in [0.15, 0.2) is 23.1 Å². The van der Waals surface area contributed by atoms with E-state index in [4.69, 9.17) is 14.6 Å². The molecule has 0 aliphatic carbocycles. The summed E-state index contributed by atoms with van der Waals surface area (Å²) in [5, 5.41) is 8.41. The molecule has 2 fully saturated rings. The largest absolute Gasteiger partial charge is 0.490 e. The van der Waals surface area contributed by atoms with E-state index in [0.717, 1.165) is 29.5 Å². The topological polar surface area (TPSA) is 113 Å². The number of carboxylic acids is 1. The van der Waals surface area contributed by atoms with Crippen molar-refractivity contribution in [3.05, 3.63) is 28.7 Å². The van der Waals surface area contributed by atoms with Gasteiger partial charge in [-0.2, -0.15) is 0 Å². The van der Waals surface area contributed by atoms with Crippen LogP contribution in [0.2, 0.25) is 0 Å². The Balaban J connectivity index is 1.82. The molecule has 0 saturated carbocycles. The second kappa shape index (κ2) is 9.66. The van der Waals surface area contributed by atoms with Gasteiger partial charge < -0.3 is 19.5 Å². The highest BCUT2D eigenvalue weighted by Gasteiger charge is 2.37. The number of hydrogen-bond donors (Lipinski definition) is 1. The Morgan fingerprint density at radius 2 is 1.93 bits per heavy atom. The van der Waals surface area contributed by atoms with E-state index in [1.165, 1.54) is 6.08 Å². The third-order valence-corrected chi connectivity index (χ3v) is 5.47. The summed E-state index contributed by atoms with van der Waals surface area (Å²) in [6.45, 7) is 2.51. The smallest absolute Gasteiger partial charge is 0.341 e. The van der Waals surface area contributed by atoms with Gasteiger partial charge in [-0.3, -0.25) is 19.3 Å². The van der Waals surface area contributed by atoms with Crippen LogP contribution in [0.1, 0.15) is 25.3 Å². The van der Waals surface area contributed by atoms with Crippen molar-refractivity contribution in [2.75, 3.05) is 32.8 Å². The molecule has 2 aliphatic heterocycles. The molecular formula is C20H22N2O7S. The number of likely N-dealkylation sites (tertiary alicyclic amines) is 1. The lowest BCUT2D eigenvalue weighted by Gasteiger charge is -2.18. The maximum atomic E-state index is 12.7. The number of benzene rings is 1. The molecule has 30 heavy (non-hydrogen) atoms. The number of rotatable bonds is 8. The van der Waals surface area contributed by atoms with Crippen LogP contribution >= 0.6 is 11.8 Å². The van der Waals surface area contributed by atoms with Crippen molar-refractivity contribution >= 4 is 40.9 Å². The van der Waals surface area contributed by atoms with Gasteiger partial charge in [-0.05, 0) is 43.7 Å². The molecule has 0 spiro atoms. The van der Waals surface area contributed by atoms with Gasteiger partial charge in [0.15, 0.2) is 18.1 Å². The highest BCUT2D eigenvalue weighted by molar-refractivity contribution is 8.18. The lowest BCUT2D eigenvalue weighted by atomic mass is 10.1. The van der Waals surface area contributed by atoms with Crippen LogP contribution in [0, 0.1) is 0 Å². The van der Waals surface area contributed by atoms with Crippen molar-refractivity contribution in [3.63, 3.8) is 0 Å². The van der Waals surface area contributed by atoms with Gasteiger partial charge in [-0.1, -0.05) is 12.1 Å². The van der Waals surface area contributed by atoms with E-state index in [-0.39, 0.29) is 23.1 Å². The van der Waals surface area contributed by atoms with Crippen LogP contribution < -0.4 is 9.47 Å². The molecule has 0 unspecified atom stereocenters. The van der Waals surface area contributed by atoms with Gasteiger partial charge >= 0.3 is 5.97 Å². The van der Waals surface area contributed by atoms with Gasteiger partial charge in [0.25, 0.3) is 11.1 Å². The standard InChI is InChI=1S/C20H22N2O7S/c1-2-28-14-7-5-6-13(18(14)29-12-17(24)25)10-15-19(26)22(20(27)30-15)11-16(23)21-8-3-4-9-21/h5-7,10H,2-4,8-9,11-12H2,1H3,(H,24,25)/b15-10+. The second-order valence-corrected chi connectivity index (χ2v) is 7.64. The molecule has 10 heteroatoms. The predicted molar refractivity (Wildman–Crippen MR) is 109 cm³/mol. The van der Waals surface area contributed by atoms with E-state index in [1.807, 2.05) is 0 Å². The Bertz CT molecular complexity index is 893. The minimum absolute atomic E-state index is 0.128. The number of para-hydroxylation sites is 1. The highest BCUT2D eigenvalue weighted by atomic mass is 32.2. The molecule has 9 nitrogen and oxygen atoms in total. The van der Waals surface area contributed by atoms with Crippen LogP contribution in [0.3, 0.4) is 0 Å². The SMILES string of the molecule is CCOc1cccc(/C=C2/SC(=O)N(CC(=O)N3CCCC3)C2=O)c1OCC(=O)O. The summed E-state index contributed by atoms with van der Waals surface area (Å²) in [6, 6.07) is 4.92. The number of amides is 3. The number of hydrogen-bond acceptors (Lipinski definition) is 7. The Hall–Kier alpha value is -3.01. The monoisotopic (exact) mass is 434 g/mol. The molecule has 1 aromatic rings. The molecule has 2 heterocycles. The van der Waals surface area contributed by atoms with Crippen LogP contribution in [0.25, 0.3) is 6.08 Å². The fraction of sp³-hybridized carbons (Fsp3) is 0.400. The first-order valence-corrected chi connectivity index (χ1v) is 10.4. The van der Waals surface area contributed by atoms with Crippen LogP contribution in [-0.2, 0) is 14.4 Å². The first-order chi connectivity index (χ1) is 14.4. The number of carbonyl (C=O) groups excluding carboxylic acids is 3. The fourth-order valence-electron chi connectivity index (χ4n) is 3.18. The van der Waals surface area contributed by atoms with E-state index in [2.05, 4.69) is 0 Å². The molecule has 160 valence electrons. The molecule has 3 rings (SSSR count). The Labute approximate surface area is 177 Å². The number of aliphatic carboxylic acids is 1. The van der Waals surface area contributed by atoms with Gasteiger partial charge in [-0.25, -0.2) is 4.79 Å². The van der Waals surface area contributed by atoms with Gasteiger partial charge in [0.1, 0.15) is 6.54 Å². The maximum Gasteiger partial charge on any atom is 0.341 e. The zero-order chi connectivity index (χ0) is 21.7. The average molecular weight is 434 g/mol. The molecule has 2 saturated heterocycles. The normalized spacial score (nSPS) is 17.7. The molecule has 0 atom stereocenters. The van der Waals surface area contributed by atoms with E-state index in [1.54, 1.807) is 30.0 Å². The van der Waals surface area contributed by atoms with Crippen LogP contribution in [-0.4, -0.2) is 70.8 Å². The Kier molecular flexibility index (Phi) is 6.99. The van der Waals surface area contributed by atoms with Gasteiger partial charge in [0.05, 0.1) is 11.5 Å². The van der Waals surface area contributed by atoms with E-state index < -0.39 is 23.7 Å². The minimum Gasteiger partial charge on any atom is -0.490 e. The summed E-state index contributed by atoms with van der Waals surface area (Å²) in [7, 11) is 0. The summed E-state index contributed by atoms with van der Waals surface area (Å²) >= 11 is 0.729. The summed E-state index contributed by atoms with van der Waals surface area (Å²) in [6.07, 6.45) is 3.29. The predicted octanol–water partition coefficient (Wildman–Crippen LogP) is 2.21. The number of thioether (sulfide) groups is 1. The lowest BCUT2D eigenvalue weighted by Crippen LogP contribution is -2.40. The number of carbonyl (C=O) groups is 4. The van der Waals surface area contributed by atoms with Gasteiger partial charge in [-0.15, -0.1) is 0 Å². The number of imide groups is 1. The maximum absolute atomic E-state index is 12.7. The van der Waals surface area contributed by atoms with Crippen molar-refractivity contribution in [2.45, 2.75) is 19.8 Å². The molecular weight excluding hydrogens is 412 g/mol. The molecule has 3 amide bonds. The lowest BCUT2D eigenvalue weighted by molar-refractivity contribution is -0.139. The zero-order valence-electron chi connectivity index (χ0n) is 16.5. The Morgan fingerprint density at radius 1 is 1.20 bits per heavy atom. The van der Waals surface area contributed by atoms with Crippen molar-refractivity contribution in [1.82, 2.24) is 9.80 Å². The fourth-order valence-corrected chi connectivity index (χ4v) is 4.01. The minimum atomic E-state index is -1.16. The molecule has 1 aromatic carbocycles. The van der Waals surface area contributed by atoms with Crippen molar-refractivity contribution in [3.8, 4) is 11.5 Å². The van der Waals surface area contributed by atoms with E-state index in [9.17, 15) is 19.2 Å². The number of carboxylic acid groups (broad SMARTS) is 1. The van der Waals surface area contributed by atoms with E-state index in [0.29, 0.717) is 31.0 Å². The second-order valence-electron chi connectivity index (χ2n) is 6.65. The Morgan fingerprint density at radius 3 is 2.60 bits per heavy atom. The van der Waals surface area contributed by atoms with Gasteiger partial charge in [0, 0.05) is 18.7 Å². The summed E-state index contributed by atoms with van der Waals surface area (Å²) in [5.74, 6) is -1.48. The highest BCUT2D eigenvalue weighted by Crippen LogP contribution is 2.37. The summed E-state index contributed by atoms with van der Waals surface area (Å²) in [4.78, 5) is 51.0. The molecule has 1 N–H and O–H groups in total.